The molecule has 10 nitrogen and oxygen atoms in total. The van der Waals surface area contributed by atoms with E-state index in [1.165, 1.54) is 6.33 Å². The highest BCUT2D eigenvalue weighted by atomic mass is 16.3. The van der Waals surface area contributed by atoms with Gasteiger partial charge in [0.1, 0.15) is 17.4 Å². The van der Waals surface area contributed by atoms with Crippen molar-refractivity contribution in [2.75, 3.05) is 36.8 Å². The lowest BCUT2D eigenvalue weighted by atomic mass is 10.1. The normalized spacial score (nSPS) is 16.8. The molecule has 0 unspecified atom stereocenters. The molecule has 0 aliphatic carbocycles. The number of carbonyl (C=O) groups excluding carboxylic acids is 1. The molecule has 0 bridgehead atoms. The van der Waals surface area contributed by atoms with Crippen molar-refractivity contribution in [2.45, 2.75) is 31.9 Å². The van der Waals surface area contributed by atoms with Crippen molar-refractivity contribution in [1.29, 1.82) is 0 Å². The van der Waals surface area contributed by atoms with E-state index >= 15 is 0 Å². The van der Waals surface area contributed by atoms with Crippen molar-refractivity contribution in [3.05, 3.63) is 6.33 Å². The minimum atomic E-state index is -0.641. The van der Waals surface area contributed by atoms with Crippen LogP contribution < -0.4 is 16.4 Å². The van der Waals surface area contributed by atoms with Crippen LogP contribution in [-0.4, -0.2) is 74.4 Å². The van der Waals surface area contributed by atoms with E-state index < -0.39 is 6.10 Å². The molecule has 0 saturated carbocycles. The fourth-order valence-electron chi connectivity index (χ4n) is 2.90. The van der Waals surface area contributed by atoms with Gasteiger partial charge in [-0.15, -0.1) is 0 Å². The Balaban J connectivity index is 1.68. The first-order valence-electron chi connectivity index (χ1n) is 8.41. The topological polar surface area (TPSA) is 145 Å². The fraction of sp³-hybridized carbons (Fsp3) is 0.600. The second-order valence-electron chi connectivity index (χ2n) is 6.21. The molecule has 2 aromatic rings. The van der Waals surface area contributed by atoms with Gasteiger partial charge in [0.15, 0.2) is 11.6 Å². The van der Waals surface area contributed by atoms with Crippen molar-refractivity contribution in [3.8, 4) is 0 Å². The molecule has 136 valence electrons. The van der Waals surface area contributed by atoms with Gasteiger partial charge in [-0.1, -0.05) is 0 Å². The third-order valence-corrected chi connectivity index (χ3v) is 4.41. The standard InChI is InChI=1S/C15H24N8O2/c1-9(24)23-4-2-10(3-5-23)20-14-13-12(18-8-19-14)15(22-21-13)17-7-11(25)6-16/h8,10-11,25H,2-7,16H2,1H3,(H2,17,21,22)(H,18,19,20)/t11-/m1/s1. The summed E-state index contributed by atoms with van der Waals surface area (Å²) in [5.74, 6) is 1.36. The first-order valence-corrected chi connectivity index (χ1v) is 8.41. The number of amides is 1. The summed E-state index contributed by atoms with van der Waals surface area (Å²) >= 11 is 0. The maximum absolute atomic E-state index is 11.4. The van der Waals surface area contributed by atoms with Crippen molar-refractivity contribution in [2.24, 2.45) is 5.73 Å². The van der Waals surface area contributed by atoms with Gasteiger partial charge in [-0.05, 0) is 12.8 Å². The molecule has 0 radical (unpaired) electrons. The Morgan fingerprint density at radius 3 is 2.88 bits per heavy atom. The molecule has 3 heterocycles. The molecule has 0 spiro atoms. The average Bonchev–Trinajstić information content (AvgIpc) is 3.04. The molecule has 1 aliphatic heterocycles. The van der Waals surface area contributed by atoms with Crippen molar-refractivity contribution >= 4 is 28.6 Å². The van der Waals surface area contributed by atoms with Crippen LogP contribution in [0.2, 0.25) is 0 Å². The molecule has 1 saturated heterocycles. The Kier molecular flexibility index (Phi) is 5.29. The maximum atomic E-state index is 11.4. The van der Waals surface area contributed by atoms with E-state index in [4.69, 9.17) is 5.73 Å². The zero-order valence-corrected chi connectivity index (χ0v) is 14.2. The number of H-pyrrole nitrogens is 1. The number of carbonyl (C=O) groups is 1. The van der Waals surface area contributed by atoms with Crippen LogP contribution in [0, 0.1) is 0 Å². The number of nitrogens with two attached hydrogens (primary N) is 1. The highest BCUT2D eigenvalue weighted by Crippen LogP contribution is 2.24. The Hall–Kier alpha value is -2.46. The molecule has 3 rings (SSSR count). The van der Waals surface area contributed by atoms with Gasteiger partial charge < -0.3 is 26.4 Å². The lowest BCUT2D eigenvalue weighted by Gasteiger charge is -2.31. The molecule has 10 heteroatoms. The van der Waals surface area contributed by atoms with E-state index in [9.17, 15) is 9.90 Å². The SMILES string of the molecule is CC(=O)N1CCC(Nc2ncnc3c(NC[C@H](O)CN)n[nH]c23)CC1. The van der Waals surface area contributed by atoms with E-state index in [0.29, 0.717) is 29.2 Å². The number of aliphatic hydroxyl groups is 1. The highest BCUT2D eigenvalue weighted by Gasteiger charge is 2.22. The number of aromatic amines is 1. The minimum absolute atomic E-state index is 0.117. The summed E-state index contributed by atoms with van der Waals surface area (Å²) in [4.78, 5) is 21.8. The van der Waals surface area contributed by atoms with E-state index in [2.05, 4.69) is 30.8 Å². The summed E-state index contributed by atoms with van der Waals surface area (Å²) < 4.78 is 0. The molecule has 1 atom stereocenters. The summed E-state index contributed by atoms with van der Waals surface area (Å²) in [5.41, 5.74) is 6.77. The summed E-state index contributed by atoms with van der Waals surface area (Å²) in [7, 11) is 0. The van der Waals surface area contributed by atoms with E-state index in [1.807, 2.05) is 4.90 Å². The van der Waals surface area contributed by atoms with E-state index in [0.717, 1.165) is 25.9 Å². The van der Waals surface area contributed by atoms with Crippen molar-refractivity contribution in [1.82, 2.24) is 25.1 Å². The van der Waals surface area contributed by atoms with E-state index in [1.54, 1.807) is 6.92 Å². The highest BCUT2D eigenvalue weighted by molar-refractivity contribution is 5.92. The third-order valence-electron chi connectivity index (χ3n) is 4.41. The smallest absolute Gasteiger partial charge is 0.219 e. The van der Waals surface area contributed by atoms with Gasteiger partial charge in [0.05, 0.1) is 6.10 Å². The average molecular weight is 348 g/mol. The maximum Gasteiger partial charge on any atom is 0.219 e. The molecular weight excluding hydrogens is 324 g/mol. The number of aromatic nitrogens is 4. The Morgan fingerprint density at radius 1 is 1.44 bits per heavy atom. The number of hydrogen-bond donors (Lipinski definition) is 5. The van der Waals surface area contributed by atoms with Crippen molar-refractivity contribution in [3.63, 3.8) is 0 Å². The second-order valence-corrected chi connectivity index (χ2v) is 6.21. The molecule has 25 heavy (non-hydrogen) atoms. The predicted octanol–water partition coefficient (Wildman–Crippen LogP) is -0.493. The number of aliphatic hydroxyl groups excluding tert-OH is 1. The van der Waals surface area contributed by atoms with Gasteiger partial charge >= 0.3 is 0 Å². The minimum Gasteiger partial charge on any atom is -0.390 e. The van der Waals surface area contributed by atoms with Crippen LogP contribution in [0.3, 0.4) is 0 Å². The van der Waals surface area contributed by atoms with Crippen LogP contribution in [0.25, 0.3) is 11.0 Å². The molecule has 1 aliphatic rings. The molecule has 2 aromatic heterocycles. The number of piperidine rings is 1. The molecular formula is C15H24N8O2. The monoisotopic (exact) mass is 348 g/mol. The summed E-state index contributed by atoms with van der Waals surface area (Å²) in [6.45, 7) is 3.56. The Bertz CT molecular complexity index is 725. The zero-order valence-electron chi connectivity index (χ0n) is 14.2. The van der Waals surface area contributed by atoms with Gasteiger partial charge in [0.2, 0.25) is 5.91 Å². The fourth-order valence-corrected chi connectivity index (χ4v) is 2.90. The molecule has 6 N–H and O–H groups in total. The van der Waals surface area contributed by atoms with Crippen LogP contribution in [0.1, 0.15) is 19.8 Å². The summed E-state index contributed by atoms with van der Waals surface area (Å²) in [6, 6.07) is 0.243. The lowest BCUT2D eigenvalue weighted by molar-refractivity contribution is -0.129. The Labute approximate surface area is 145 Å². The number of nitrogens with zero attached hydrogens (tertiary/aromatic N) is 4. The summed E-state index contributed by atoms with van der Waals surface area (Å²) in [5, 5.41) is 23.2. The lowest BCUT2D eigenvalue weighted by Crippen LogP contribution is -2.41. The van der Waals surface area contributed by atoms with E-state index in [-0.39, 0.29) is 18.5 Å². The van der Waals surface area contributed by atoms with Gasteiger partial charge in [0.25, 0.3) is 0 Å². The van der Waals surface area contributed by atoms with Crippen LogP contribution >= 0.6 is 0 Å². The number of fused-ring (bicyclic) bond motifs is 1. The number of anilines is 2. The first-order chi connectivity index (χ1) is 12.1. The quantitative estimate of drug-likeness (QED) is 0.470. The van der Waals surface area contributed by atoms with Crippen LogP contribution in [0.15, 0.2) is 6.33 Å². The third kappa shape index (κ3) is 3.97. The van der Waals surface area contributed by atoms with Crippen LogP contribution in [0.4, 0.5) is 11.6 Å². The molecule has 1 fully saturated rings. The largest absolute Gasteiger partial charge is 0.390 e. The zero-order chi connectivity index (χ0) is 17.8. The van der Waals surface area contributed by atoms with Gasteiger partial charge in [0, 0.05) is 39.1 Å². The van der Waals surface area contributed by atoms with Gasteiger partial charge in [-0.2, -0.15) is 5.10 Å². The number of likely N-dealkylation sites (tertiary alicyclic amines) is 1. The number of rotatable bonds is 6. The summed E-state index contributed by atoms with van der Waals surface area (Å²) in [6.07, 6.45) is 2.58. The Morgan fingerprint density at radius 2 is 2.20 bits per heavy atom. The first kappa shape index (κ1) is 17.4. The number of hydrogen-bond acceptors (Lipinski definition) is 8. The number of nitrogens with one attached hydrogen (secondary N) is 3. The molecule has 1 amide bonds. The second kappa shape index (κ2) is 7.62. The van der Waals surface area contributed by atoms with Crippen LogP contribution in [-0.2, 0) is 4.79 Å². The van der Waals surface area contributed by atoms with Crippen LogP contribution in [0.5, 0.6) is 0 Å². The van der Waals surface area contributed by atoms with Gasteiger partial charge in [-0.25, -0.2) is 9.97 Å². The van der Waals surface area contributed by atoms with Crippen molar-refractivity contribution < 1.29 is 9.90 Å². The molecule has 0 aromatic carbocycles. The van der Waals surface area contributed by atoms with Gasteiger partial charge in [-0.3, -0.25) is 9.89 Å². The predicted molar refractivity (Wildman–Crippen MR) is 94.1 cm³/mol.